The molecule has 0 spiro atoms. The topological polar surface area (TPSA) is 74.9 Å². The summed E-state index contributed by atoms with van der Waals surface area (Å²) in [6, 6.07) is 7.00. The van der Waals surface area contributed by atoms with Gasteiger partial charge in [-0.2, -0.15) is 0 Å². The molecule has 3 rings (SSSR count). The smallest absolute Gasteiger partial charge is 0.304 e. The van der Waals surface area contributed by atoms with Crippen LogP contribution in [0.4, 0.5) is 0 Å². The lowest BCUT2D eigenvalue weighted by Crippen LogP contribution is -2.31. The third-order valence-corrected chi connectivity index (χ3v) is 3.90. The third kappa shape index (κ3) is 2.95. The summed E-state index contributed by atoms with van der Waals surface area (Å²) in [4.78, 5) is 29.5. The predicted molar refractivity (Wildman–Crippen MR) is 77.1 cm³/mol. The maximum Gasteiger partial charge on any atom is 0.304 e. The SMILES string of the molecule is O=C(O)CC1CCCN1Cc1cc(=O)n2ccccc2n1. The van der Waals surface area contributed by atoms with Gasteiger partial charge in [0.2, 0.25) is 0 Å². The van der Waals surface area contributed by atoms with Crippen LogP contribution in [0, 0.1) is 0 Å². The van der Waals surface area contributed by atoms with E-state index < -0.39 is 5.97 Å². The van der Waals surface area contributed by atoms with Gasteiger partial charge in [0.15, 0.2) is 0 Å². The van der Waals surface area contributed by atoms with Crippen LogP contribution >= 0.6 is 0 Å². The normalized spacial score (nSPS) is 19.1. The Morgan fingerprint density at radius 1 is 1.43 bits per heavy atom. The summed E-state index contributed by atoms with van der Waals surface area (Å²) in [5.74, 6) is -0.779. The van der Waals surface area contributed by atoms with Crippen LogP contribution in [0.1, 0.15) is 25.0 Å². The zero-order valence-electron chi connectivity index (χ0n) is 11.6. The number of carbonyl (C=O) groups is 1. The number of rotatable bonds is 4. The zero-order valence-corrected chi connectivity index (χ0v) is 11.6. The molecule has 0 amide bonds. The minimum Gasteiger partial charge on any atom is -0.481 e. The minimum atomic E-state index is -0.779. The number of likely N-dealkylation sites (tertiary alicyclic amines) is 1. The van der Waals surface area contributed by atoms with Gasteiger partial charge in [-0.1, -0.05) is 6.07 Å². The van der Waals surface area contributed by atoms with Gasteiger partial charge < -0.3 is 5.11 Å². The Morgan fingerprint density at radius 3 is 3.10 bits per heavy atom. The van der Waals surface area contributed by atoms with Crippen molar-refractivity contribution in [3.63, 3.8) is 0 Å². The van der Waals surface area contributed by atoms with Crippen LogP contribution in [0.2, 0.25) is 0 Å². The van der Waals surface area contributed by atoms with Crippen LogP contribution in [-0.4, -0.2) is 37.9 Å². The molecule has 110 valence electrons. The Bertz CT molecular complexity index is 725. The lowest BCUT2D eigenvalue weighted by molar-refractivity contribution is -0.138. The number of hydrogen-bond donors (Lipinski definition) is 1. The average Bonchev–Trinajstić information content (AvgIpc) is 2.85. The second-order valence-electron chi connectivity index (χ2n) is 5.38. The van der Waals surface area contributed by atoms with Crippen molar-refractivity contribution in [2.75, 3.05) is 6.54 Å². The van der Waals surface area contributed by atoms with Crippen LogP contribution in [0.15, 0.2) is 35.3 Å². The van der Waals surface area contributed by atoms with E-state index in [0.29, 0.717) is 17.9 Å². The van der Waals surface area contributed by atoms with Crippen LogP contribution in [0.3, 0.4) is 0 Å². The molecule has 3 heterocycles. The number of fused-ring (bicyclic) bond motifs is 1. The minimum absolute atomic E-state index is 0.0403. The van der Waals surface area contributed by atoms with E-state index in [0.717, 1.165) is 19.4 Å². The quantitative estimate of drug-likeness (QED) is 0.912. The number of nitrogens with zero attached hydrogens (tertiary/aromatic N) is 3. The summed E-state index contributed by atoms with van der Waals surface area (Å²) in [5.41, 5.74) is 1.21. The Hall–Kier alpha value is -2.21. The summed E-state index contributed by atoms with van der Waals surface area (Å²) in [5, 5.41) is 8.95. The Morgan fingerprint density at radius 2 is 2.29 bits per heavy atom. The van der Waals surface area contributed by atoms with E-state index in [1.807, 2.05) is 6.07 Å². The molecule has 1 N–H and O–H groups in total. The second-order valence-corrected chi connectivity index (χ2v) is 5.38. The molecule has 6 nitrogen and oxygen atoms in total. The standard InChI is InChI=1S/C15H17N3O3/c19-14-8-11(16-13-5-1-2-7-18(13)14)10-17-6-3-4-12(17)9-15(20)21/h1-2,5,7-8,12H,3-4,6,9-10H2,(H,20,21). The summed E-state index contributed by atoms with van der Waals surface area (Å²) < 4.78 is 1.50. The first-order chi connectivity index (χ1) is 10.1. The summed E-state index contributed by atoms with van der Waals surface area (Å²) >= 11 is 0. The highest BCUT2D eigenvalue weighted by molar-refractivity contribution is 5.67. The van der Waals surface area contributed by atoms with E-state index in [-0.39, 0.29) is 18.0 Å². The third-order valence-electron chi connectivity index (χ3n) is 3.90. The molecule has 0 bridgehead atoms. The molecule has 0 aromatic carbocycles. The Kier molecular flexibility index (Phi) is 3.70. The van der Waals surface area contributed by atoms with Gasteiger partial charge in [-0.3, -0.25) is 18.9 Å². The highest BCUT2D eigenvalue weighted by atomic mass is 16.4. The lowest BCUT2D eigenvalue weighted by atomic mass is 10.1. The molecule has 1 unspecified atom stereocenters. The molecule has 21 heavy (non-hydrogen) atoms. The van der Waals surface area contributed by atoms with Crippen LogP contribution in [0.25, 0.3) is 5.65 Å². The van der Waals surface area contributed by atoms with Crippen molar-refractivity contribution in [2.45, 2.75) is 31.8 Å². The van der Waals surface area contributed by atoms with Gasteiger partial charge in [0.25, 0.3) is 5.56 Å². The number of hydrogen-bond acceptors (Lipinski definition) is 4. The summed E-state index contributed by atoms with van der Waals surface area (Å²) in [6.45, 7) is 1.38. The van der Waals surface area contributed by atoms with Gasteiger partial charge in [-0.25, -0.2) is 4.98 Å². The fourth-order valence-corrected chi connectivity index (χ4v) is 2.93. The molecular weight excluding hydrogens is 270 g/mol. The van der Waals surface area contributed by atoms with Crippen LogP contribution in [-0.2, 0) is 11.3 Å². The molecule has 0 radical (unpaired) electrons. The summed E-state index contributed by atoms with van der Waals surface area (Å²) in [6.07, 6.45) is 3.72. The van der Waals surface area contributed by atoms with Gasteiger partial charge in [-0.05, 0) is 31.5 Å². The monoisotopic (exact) mass is 287 g/mol. The van der Waals surface area contributed by atoms with E-state index in [9.17, 15) is 9.59 Å². The van der Waals surface area contributed by atoms with Crippen molar-refractivity contribution >= 4 is 11.6 Å². The molecule has 1 saturated heterocycles. The van der Waals surface area contributed by atoms with Gasteiger partial charge in [-0.15, -0.1) is 0 Å². The second kappa shape index (κ2) is 5.65. The molecule has 1 atom stereocenters. The molecule has 1 fully saturated rings. The highest BCUT2D eigenvalue weighted by Crippen LogP contribution is 2.21. The molecule has 2 aromatic heterocycles. The predicted octanol–water partition coefficient (Wildman–Crippen LogP) is 1.13. The molecule has 1 aliphatic heterocycles. The van der Waals surface area contributed by atoms with Crippen LogP contribution < -0.4 is 5.56 Å². The molecule has 0 aliphatic carbocycles. The fourth-order valence-electron chi connectivity index (χ4n) is 2.93. The zero-order chi connectivity index (χ0) is 14.8. The van der Waals surface area contributed by atoms with E-state index in [2.05, 4.69) is 9.88 Å². The van der Waals surface area contributed by atoms with Crippen molar-refractivity contribution < 1.29 is 9.90 Å². The lowest BCUT2D eigenvalue weighted by Gasteiger charge is -2.22. The molecule has 0 saturated carbocycles. The maximum absolute atomic E-state index is 12.0. The number of carboxylic acids is 1. The number of aromatic nitrogens is 2. The number of aliphatic carboxylic acids is 1. The van der Waals surface area contributed by atoms with Crippen molar-refractivity contribution in [3.8, 4) is 0 Å². The van der Waals surface area contributed by atoms with Crippen molar-refractivity contribution in [1.29, 1.82) is 0 Å². The van der Waals surface area contributed by atoms with Crippen LogP contribution in [0.5, 0.6) is 0 Å². The number of pyridine rings is 1. The molecule has 1 aliphatic rings. The fraction of sp³-hybridized carbons (Fsp3) is 0.400. The van der Waals surface area contributed by atoms with Crippen molar-refractivity contribution in [1.82, 2.24) is 14.3 Å². The Balaban J connectivity index is 1.84. The Labute approximate surface area is 121 Å². The van der Waals surface area contributed by atoms with Crippen molar-refractivity contribution in [2.24, 2.45) is 0 Å². The first kappa shape index (κ1) is 13.8. The van der Waals surface area contributed by atoms with E-state index >= 15 is 0 Å². The van der Waals surface area contributed by atoms with Gasteiger partial charge in [0.05, 0.1) is 12.1 Å². The molecular formula is C15H17N3O3. The molecule has 2 aromatic rings. The van der Waals surface area contributed by atoms with Crippen molar-refractivity contribution in [3.05, 3.63) is 46.5 Å². The van der Waals surface area contributed by atoms with E-state index in [1.165, 1.54) is 10.5 Å². The summed E-state index contributed by atoms with van der Waals surface area (Å²) in [7, 11) is 0. The first-order valence-corrected chi connectivity index (χ1v) is 7.06. The van der Waals surface area contributed by atoms with E-state index in [1.54, 1.807) is 18.3 Å². The number of carboxylic acid groups (broad SMARTS) is 1. The van der Waals surface area contributed by atoms with Gasteiger partial charge >= 0.3 is 5.97 Å². The first-order valence-electron chi connectivity index (χ1n) is 7.06. The van der Waals surface area contributed by atoms with Gasteiger partial charge in [0, 0.05) is 24.8 Å². The molecule has 6 heteroatoms. The highest BCUT2D eigenvalue weighted by Gasteiger charge is 2.26. The van der Waals surface area contributed by atoms with Gasteiger partial charge in [0.1, 0.15) is 5.65 Å². The largest absolute Gasteiger partial charge is 0.481 e. The van der Waals surface area contributed by atoms with E-state index in [4.69, 9.17) is 5.11 Å². The average molecular weight is 287 g/mol. The maximum atomic E-state index is 12.0.